The molecule has 1 aliphatic rings. The van der Waals surface area contributed by atoms with E-state index in [4.69, 9.17) is 22.1 Å². The summed E-state index contributed by atoms with van der Waals surface area (Å²) in [6.07, 6.45) is 4.81. The van der Waals surface area contributed by atoms with Crippen molar-refractivity contribution in [1.29, 1.82) is 0 Å². The summed E-state index contributed by atoms with van der Waals surface area (Å²) in [5, 5.41) is 12.6. The third-order valence-corrected chi connectivity index (χ3v) is 7.55. The summed E-state index contributed by atoms with van der Waals surface area (Å²) in [5.74, 6) is 1.66. The first-order chi connectivity index (χ1) is 15.6. The van der Waals surface area contributed by atoms with Crippen LogP contribution in [0.1, 0.15) is 58.9 Å². The Morgan fingerprint density at radius 3 is 2.21 bits per heavy atom. The van der Waals surface area contributed by atoms with Gasteiger partial charge in [0.05, 0.1) is 18.2 Å². The van der Waals surface area contributed by atoms with Crippen LogP contribution in [0.5, 0.6) is 5.75 Å². The van der Waals surface area contributed by atoms with Crippen LogP contribution in [0.4, 0.5) is 0 Å². The van der Waals surface area contributed by atoms with E-state index in [-0.39, 0.29) is 12.7 Å². The predicted octanol–water partition coefficient (Wildman–Crippen LogP) is 7.31. The van der Waals surface area contributed by atoms with Gasteiger partial charge in [-0.05, 0) is 90.1 Å². The van der Waals surface area contributed by atoms with E-state index < -0.39 is 5.54 Å². The number of hydrogen-bond donors (Lipinski definition) is 2. The van der Waals surface area contributed by atoms with Crippen molar-refractivity contribution in [2.24, 2.45) is 17.1 Å². The van der Waals surface area contributed by atoms with Gasteiger partial charge in [-0.3, -0.25) is 0 Å². The molecule has 1 aliphatic carbocycles. The van der Waals surface area contributed by atoms with Crippen molar-refractivity contribution in [3.05, 3.63) is 65.2 Å². The van der Waals surface area contributed by atoms with Crippen LogP contribution in [-0.2, 0) is 5.54 Å². The molecular formula is C29H36ClNO2. The molecule has 1 saturated carbocycles. The summed E-state index contributed by atoms with van der Waals surface area (Å²) < 4.78 is 6.66. The van der Waals surface area contributed by atoms with Crippen molar-refractivity contribution >= 4 is 22.4 Å². The van der Waals surface area contributed by atoms with E-state index >= 15 is 0 Å². The van der Waals surface area contributed by atoms with Crippen molar-refractivity contribution in [3.8, 4) is 16.9 Å². The fourth-order valence-electron chi connectivity index (χ4n) is 5.00. The highest BCUT2D eigenvalue weighted by Crippen LogP contribution is 2.42. The van der Waals surface area contributed by atoms with E-state index in [0.29, 0.717) is 10.4 Å². The highest BCUT2D eigenvalue weighted by atomic mass is 35.5. The molecule has 3 aromatic carbocycles. The number of aliphatic hydroxyl groups is 1. The molecule has 0 heterocycles. The van der Waals surface area contributed by atoms with Crippen LogP contribution < -0.4 is 10.5 Å². The summed E-state index contributed by atoms with van der Waals surface area (Å²) in [7, 11) is 0. The van der Waals surface area contributed by atoms with Gasteiger partial charge in [0.25, 0.3) is 0 Å². The molecule has 0 spiro atoms. The Morgan fingerprint density at radius 1 is 0.939 bits per heavy atom. The van der Waals surface area contributed by atoms with Crippen LogP contribution in [0, 0.1) is 11.3 Å². The Labute approximate surface area is 202 Å². The first kappa shape index (κ1) is 24.1. The van der Waals surface area contributed by atoms with Crippen molar-refractivity contribution in [3.63, 3.8) is 0 Å². The summed E-state index contributed by atoms with van der Waals surface area (Å²) in [4.78, 5) is 0. The van der Waals surface area contributed by atoms with E-state index in [1.54, 1.807) is 0 Å². The maximum atomic E-state index is 9.72. The summed E-state index contributed by atoms with van der Waals surface area (Å²) in [6.45, 7) is 8.77. The Balaban J connectivity index is 1.72. The number of halogens is 1. The summed E-state index contributed by atoms with van der Waals surface area (Å²) in [6, 6.07) is 18.3. The van der Waals surface area contributed by atoms with E-state index in [0.717, 1.165) is 52.0 Å². The molecule has 3 nitrogen and oxygen atoms in total. The van der Waals surface area contributed by atoms with Gasteiger partial charge in [0, 0.05) is 10.6 Å². The number of rotatable bonds is 5. The van der Waals surface area contributed by atoms with Crippen LogP contribution in [0.3, 0.4) is 0 Å². The SMILES string of the molecule is CC(C)(C)[C@H]1CC[C@H](Oc2ccc3cc([C@@](C)(N)CO)ccc3c2-c2ccc(Cl)cc2)CC1. The van der Waals surface area contributed by atoms with Crippen LogP contribution in [0.25, 0.3) is 21.9 Å². The minimum Gasteiger partial charge on any atom is -0.490 e. The van der Waals surface area contributed by atoms with Crippen LogP contribution >= 0.6 is 11.6 Å². The first-order valence-corrected chi connectivity index (χ1v) is 12.4. The zero-order chi connectivity index (χ0) is 23.8. The third-order valence-electron chi connectivity index (χ3n) is 7.29. The molecule has 0 unspecified atom stereocenters. The Bertz CT molecular complexity index is 1110. The molecular weight excluding hydrogens is 430 g/mol. The number of fused-ring (bicyclic) bond motifs is 1. The second-order valence-electron chi connectivity index (χ2n) is 10.9. The molecule has 176 valence electrons. The van der Waals surface area contributed by atoms with E-state index in [1.165, 1.54) is 12.8 Å². The zero-order valence-electron chi connectivity index (χ0n) is 20.2. The molecule has 4 rings (SSSR count). The summed E-state index contributed by atoms with van der Waals surface area (Å²) >= 11 is 6.18. The van der Waals surface area contributed by atoms with Gasteiger partial charge in [0.2, 0.25) is 0 Å². The molecule has 0 aromatic heterocycles. The molecule has 33 heavy (non-hydrogen) atoms. The van der Waals surface area contributed by atoms with Crippen LogP contribution in [-0.4, -0.2) is 17.8 Å². The average Bonchev–Trinajstić information content (AvgIpc) is 2.79. The van der Waals surface area contributed by atoms with E-state index in [1.807, 2.05) is 25.1 Å². The van der Waals surface area contributed by atoms with Gasteiger partial charge in [-0.15, -0.1) is 0 Å². The first-order valence-electron chi connectivity index (χ1n) is 12.0. The van der Waals surface area contributed by atoms with Gasteiger partial charge in [-0.2, -0.15) is 0 Å². The maximum Gasteiger partial charge on any atom is 0.128 e. The fourth-order valence-corrected chi connectivity index (χ4v) is 5.12. The molecule has 0 aliphatic heterocycles. The van der Waals surface area contributed by atoms with Crippen molar-refractivity contribution in [2.75, 3.05) is 6.61 Å². The minimum absolute atomic E-state index is 0.110. The van der Waals surface area contributed by atoms with Gasteiger partial charge in [-0.25, -0.2) is 0 Å². The van der Waals surface area contributed by atoms with Gasteiger partial charge in [0.15, 0.2) is 0 Å². The monoisotopic (exact) mass is 465 g/mol. The normalized spacial score (nSPS) is 21.1. The molecule has 1 fully saturated rings. The maximum absolute atomic E-state index is 9.72. The number of aliphatic hydroxyl groups excluding tert-OH is 1. The highest BCUT2D eigenvalue weighted by Gasteiger charge is 2.31. The van der Waals surface area contributed by atoms with Gasteiger partial charge >= 0.3 is 0 Å². The lowest BCUT2D eigenvalue weighted by atomic mass is 9.72. The number of ether oxygens (including phenoxy) is 1. The molecule has 4 heteroatoms. The third kappa shape index (κ3) is 5.21. The van der Waals surface area contributed by atoms with E-state index in [2.05, 4.69) is 57.2 Å². The number of hydrogen-bond acceptors (Lipinski definition) is 3. The topological polar surface area (TPSA) is 55.5 Å². The lowest BCUT2D eigenvalue weighted by Gasteiger charge is -2.37. The molecule has 3 aromatic rings. The molecule has 1 atom stereocenters. The fraction of sp³-hybridized carbons (Fsp3) is 0.448. The van der Waals surface area contributed by atoms with Crippen LogP contribution in [0.2, 0.25) is 5.02 Å². The number of benzene rings is 3. The lowest BCUT2D eigenvalue weighted by molar-refractivity contribution is 0.0887. The van der Waals surface area contributed by atoms with E-state index in [9.17, 15) is 5.11 Å². The zero-order valence-corrected chi connectivity index (χ0v) is 21.0. The summed E-state index contributed by atoms with van der Waals surface area (Å²) in [5.41, 5.74) is 8.94. The van der Waals surface area contributed by atoms with Crippen molar-refractivity contribution in [2.45, 2.75) is 65.0 Å². The second-order valence-corrected chi connectivity index (χ2v) is 11.4. The Morgan fingerprint density at radius 2 is 1.61 bits per heavy atom. The molecule has 0 bridgehead atoms. The van der Waals surface area contributed by atoms with Gasteiger partial charge in [0.1, 0.15) is 5.75 Å². The van der Waals surface area contributed by atoms with Gasteiger partial charge < -0.3 is 15.6 Å². The Kier molecular flexibility index (Phi) is 6.77. The molecule has 3 N–H and O–H groups in total. The largest absolute Gasteiger partial charge is 0.490 e. The second kappa shape index (κ2) is 9.29. The molecule has 0 radical (unpaired) electrons. The highest BCUT2D eigenvalue weighted by molar-refractivity contribution is 6.30. The average molecular weight is 466 g/mol. The smallest absolute Gasteiger partial charge is 0.128 e. The minimum atomic E-state index is -0.782. The molecule has 0 saturated heterocycles. The Hall–Kier alpha value is -2.07. The van der Waals surface area contributed by atoms with Gasteiger partial charge in [-0.1, -0.05) is 62.7 Å². The molecule has 0 amide bonds. The van der Waals surface area contributed by atoms with Crippen molar-refractivity contribution in [1.82, 2.24) is 0 Å². The predicted molar refractivity (Wildman–Crippen MR) is 139 cm³/mol. The van der Waals surface area contributed by atoms with Crippen molar-refractivity contribution < 1.29 is 9.84 Å². The quantitative estimate of drug-likeness (QED) is 0.415. The number of nitrogens with two attached hydrogens (primary N) is 1. The lowest BCUT2D eigenvalue weighted by Crippen LogP contribution is -2.36. The standard InChI is InChI=1S/C29H36ClNO2/c1-28(2,3)21-8-13-24(14-9-21)33-26-16-7-20-17-22(29(4,31)18-32)10-15-25(20)27(26)19-5-11-23(30)12-6-19/h5-7,10-12,15-17,21,24,32H,8-9,13-14,18,31H2,1-4H3/t21-,24-,29-/m0/s1. The van der Waals surface area contributed by atoms with Crippen LogP contribution in [0.15, 0.2) is 54.6 Å².